The lowest BCUT2D eigenvalue weighted by molar-refractivity contribution is 0.183. The predicted octanol–water partition coefficient (Wildman–Crippen LogP) is 1.70. The van der Waals surface area contributed by atoms with Gasteiger partial charge in [0.2, 0.25) is 0 Å². The largest absolute Gasteiger partial charge is 0.393 e. The number of rotatable bonds is 5. The molecule has 0 radical (unpaired) electrons. The fourth-order valence-corrected chi connectivity index (χ4v) is 1.66. The maximum atomic E-state index is 9.04. The molecule has 0 aromatic heterocycles. The van der Waals surface area contributed by atoms with Gasteiger partial charge in [0.25, 0.3) is 0 Å². The van der Waals surface area contributed by atoms with Crippen molar-refractivity contribution in [1.82, 2.24) is 5.32 Å². The fraction of sp³-hybridized carbons (Fsp3) is 0.818. The van der Waals surface area contributed by atoms with Gasteiger partial charge in [-0.1, -0.05) is 12.2 Å². The monoisotopic (exact) mass is 183 g/mol. The van der Waals surface area contributed by atoms with Crippen molar-refractivity contribution in [2.45, 2.75) is 38.7 Å². The van der Waals surface area contributed by atoms with Gasteiger partial charge in [-0.25, -0.2) is 0 Å². The number of nitrogens with one attached hydrogen (secondary N) is 1. The third-order valence-electron chi connectivity index (χ3n) is 2.55. The van der Waals surface area contributed by atoms with E-state index in [9.17, 15) is 0 Å². The van der Waals surface area contributed by atoms with Gasteiger partial charge >= 0.3 is 0 Å². The van der Waals surface area contributed by atoms with Gasteiger partial charge in [0, 0.05) is 0 Å². The molecular weight excluding hydrogens is 162 g/mol. The van der Waals surface area contributed by atoms with Crippen LogP contribution in [0.1, 0.15) is 32.6 Å². The number of hydrogen-bond donors (Lipinski definition) is 2. The van der Waals surface area contributed by atoms with Crippen LogP contribution >= 0.6 is 0 Å². The third-order valence-corrected chi connectivity index (χ3v) is 2.55. The Balaban J connectivity index is 1.96. The molecule has 0 heterocycles. The molecule has 0 aromatic rings. The molecule has 2 nitrogen and oxygen atoms in total. The first-order chi connectivity index (χ1) is 6.29. The second-order valence-corrected chi connectivity index (χ2v) is 3.99. The zero-order chi connectivity index (χ0) is 9.52. The van der Waals surface area contributed by atoms with Gasteiger partial charge < -0.3 is 10.4 Å². The maximum absolute atomic E-state index is 9.04. The molecule has 0 saturated heterocycles. The second kappa shape index (κ2) is 6.17. The zero-order valence-electron chi connectivity index (χ0n) is 8.50. The molecule has 13 heavy (non-hydrogen) atoms. The van der Waals surface area contributed by atoms with E-state index in [1.165, 1.54) is 19.3 Å². The minimum atomic E-state index is -0.168. The molecule has 0 aliphatic heterocycles. The van der Waals surface area contributed by atoms with E-state index < -0.39 is 0 Å². The number of hydrogen-bond acceptors (Lipinski definition) is 2. The first kappa shape index (κ1) is 10.7. The van der Waals surface area contributed by atoms with Crippen molar-refractivity contribution in [3.8, 4) is 0 Å². The standard InChI is InChI=1S/C11H21NO/c1-10(13)7-8-12-9-11-5-3-2-4-6-11/h2-3,10-13H,4-9H2,1H3. The Morgan fingerprint density at radius 2 is 2.38 bits per heavy atom. The van der Waals surface area contributed by atoms with Crippen molar-refractivity contribution in [2.75, 3.05) is 13.1 Å². The Hall–Kier alpha value is -0.340. The van der Waals surface area contributed by atoms with Gasteiger partial charge in [-0.05, 0) is 51.6 Å². The zero-order valence-corrected chi connectivity index (χ0v) is 8.50. The summed E-state index contributed by atoms with van der Waals surface area (Å²) in [5, 5.41) is 12.4. The van der Waals surface area contributed by atoms with E-state index >= 15 is 0 Å². The maximum Gasteiger partial charge on any atom is 0.0524 e. The second-order valence-electron chi connectivity index (χ2n) is 3.99. The van der Waals surface area contributed by atoms with E-state index in [1.807, 2.05) is 6.92 Å². The molecule has 2 unspecified atom stereocenters. The summed E-state index contributed by atoms with van der Waals surface area (Å²) < 4.78 is 0. The Kier molecular flexibility index (Phi) is 5.09. The lowest BCUT2D eigenvalue weighted by Gasteiger charge is -2.18. The third kappa shape index (κ3) is 5.06. The van der Waals surface area contributed by atoms with E-state index in [-0.39, 0.29) is 6.10 Å². The topological polar surface area (TPSA) is 32.3 Å². The highest BCUT2D eigenvalue weighted by Gasteiger charge is 2.08. The van der Waals surface area contributed by atoms with Crippen molar-refractivity contribution in [1.29, 1.82) is 0 Å². The summed E-state index contributed by atoms with van der Waals surface area (Å²) in [5.74, 6) is 0.819. The Morgan fingerprint density at radius 3 is 3.00 bits per heavy atom. The van der Waals surface area contributed by atoms with E-state index in [2.05, 4.69) is 17.5 Å². The predicted molar refractivity (Wildman–Crippen MR) is 55.6 cm³/mol. The number of aliphatic hydroxyl groups excluding tert-OH is 1. The van der Waals surface area contributed by atoms with Crippen molar-refractivity contribution in [2.24, 2.45) is 5.92 Å². The van der Waals surface area contributed by atoms with Crippen LogP contribution in [0.25, 0.3) is 0 Å². The normalized spacial score (nSPS) is 24.6. The summed E-state index contributed by atoms with van der Waals surface area (Å²) in [6.45, 7) is 3.89. The van der Waals surface area contributed by atoms with Crippen molar-refractivity contribution in [3.05, 3.63) is 12.2 Å². The highest BCUT2D eigenvalue weighted by Crippen LogP contribution is 2.16. The van der Waals surface area contributed by atoms with Gasteiger partial charge in [0.1, 0.15) is 0 Å². The van der Waals surface area contributed by atoms with Gasteiger partial charge in [0.15, 0.2) is 0 Å². The summed E-state index contributed by atoms with van der Waals surface area (Å²) in [4.78, 5) is 0. The Bertz CT molecular complexity index is 154. The lowest BCUT2D eigenvalue weighted by Crippen LogP contribution is -2.26. The highest BCUT2D eigenvalue weighted by molar-refractivity contribution is 4.90. The fourth-order valence-electron chi connectivity index (χ4n) is 1.66. The molecule has 2 N–H and O–H groups in total. The number of allylic oxidation sites excluding steroid dienone is 2. The lowest BCUT2D eigenvalue weighted by atomic mass is 9.94. The molecule has 0 spiro atoms. The van der Waals surface area contributed by atoms with Crippen molar-refractivity contribution >= 4 is 0 Å². The van der Waals surface area contributed by atoms with E-state index in [1.54, 1.807) is 0 Å². The smallest absolute Gasteiger partial charge is 0.0524 e. The quantitative estimate of drug-likeness (QED) is 0.502. The van der Waals surface area contributed by atoms with Gasteiger partial charge in [0.05, 0.1) is 6.10 Å². The van der Waals surface area contributed by atoms with Crippen molar-refractivity contribution in [3.63, 3.8) is 0 Å². The summed E-state index contributed by atoms with van der Waals surface area (Å²) in [6, 6.07) is 0. The molecule has 2 heteroatoms. The summed E-state index contributed by atoms with van der Waals surface area (Å²) in [6.07, 6.45) is 9.03. The van der Waals surface area contributed by atoms with Crippen LogP contribution in [0.15, 0.2) is 12.2 Å². The average Bonchev–Trinajstić information content (AvgIpc) is 2.14. The minimum Gasteiger partial charge on any atom is -0.393 e. The highest BCUT2D eigenvalue weighted by atomic mass is 16.3. The number of aliphatic hydroxyl groups is 1. The van der Waals surface area contributed by atoms with Crippen LogP contribution in [0.4, 0.5) is 0 Å². The molecule has 1 aliphatic rings. The van der Waals surface area contributed by atoms with Crippen LogP contribution in [0.2, 0.25) is 0 Å². The van der Waals surface area contributed by atoms with Crippen LogP contribution in [0, 0.1) is 5.92 Å². The summed E-state index contributed by atoms with van der Waals surface area (Å²) in [7, 11) is 0. The van der Waals surface area contributed by atoms with E-state index in [0.29, 0.717) is 0 Å². The minimum absolute atomic E-state index is 0.168. The molecule has 0 bridgehead atoms. The first-order valence-corrected chi connectivity index (χ1v) is 5.33. The van der Waals surface area contributed by atoms with Crippen LogP contribution in [-0.4, -0.2) is 24.3 Å². The van der Waals surface area contributed by atoms with E-state index in [4.69, 9.17) is 5.11 Å². The van der Waals surface area contributed by atoms with E-state index in [0.717, 1.165) is 25.4 Å². The molecule has 1 aliphatic carbocycles. The summed E-state index contributed by atoms with van der Waals surface area (Å²) >= 11 is 0. The molecule has 76 valence electrons. The Morgan fingerprint density at radius 1 is 1.54 bits per heavy atom. The molecule has 0 aromatic carbocycles. The van der Waals surface area contributed by atoms with Crippen LogP contribution in [0.3, 0.4) is 0 Å². The average molecular weight is 183 g/mol. The molecule has 1 rings (SSSR count). The molecular formula is C11H21NO. The summed E-state index contributed by atoms with van der Waals surface area (Å²) in [5.41, 5.74) is 0. The Labute approximate surface area is 81.0 Å². The molecule has 0 amide bonds. The van der Waals surface area contributed by atoms with Crippen LogP contribution < -0.4 is 5.32 Å². The molecule has 0 saturated carbocycles. The van der Waals surface area contributed by atoms with Crippen LogP contribution in [-0.2, 0) is 0 Å². The van der Waals surface area contributed by atoms with Gasteiger partial charge in [-0.3, -0.25) is 0 Å². The SMILES string of the molecule is CC(O)CCNCC1CC=CCC1. The van der Waals surface area contributed by atoms with Gasteiger partial charge in [-0.15, -0.1) is 0 Å². The van der Waals surface area contributed by atoms with Crippen molar-refractivity contribution < 1.29 is 5.11 Å². The molecule has 0 fully saturated rings. The first-order valence-electron chi connectivity index (χ1n) is 5.33. The van der Waals surface area contributed by atoms with Gasteiger partial charge in [-0.2, -0.15) is 0 Å². The van der Waals surface area contributed by atoms with Crippen LogP contribution in [0.5, 0.6) is 0 Å². The molecule has 2 atom stereocenters.